The molecule has 2 unspecified atom stereocenters. The Balaban J connectivity index is 2.15. The van der Waals surface area contributed by atoms with Gasteiger partial charge in [-0.15, -0.1) is 0 Å². The number of carbonyl (C=O) groups is 1. The van der Waals surface area contributed by atoms with Crippen LogP contribution in [-0.4, -0.2) is 30.1 Å². The van der Waals surface area contributed by atoms with E-state index in [4.69, 9.17) is 4.74 Å². The number of hydrogen-bond acceptors (Lipinski definition) is 3. The van der Waals surface area contributed by atoms with Crippen LogP contribution in [0.4, 0.5) is 4.39 Å². The molecule has 0 saturated heterocycles. The van der Waals surface area contributed by atoms with Crippen molar-refractivity contribution in [3.8, 4) is 5.75 Å². The topological polar surface area (TPSA) is 49.8 Å². The number of carbonyl (C=O) groups excluding carboxylic acids is 1. The van der Waals surface area contributed by atoms with Crippen molar-refractivity contribution in [1.82, 2.24) is 4.90 Å². The Hall–Kier alpha value is -2.40. The van der Waals surface area contributed by atoms with E-state index < -0.39 is 12.0 Å². The molecule has 2 rings (SSSR count). The number of likely N-dealkylation sites (N-methyl/N-ethyl adjacent to an activating group) is 1. The smallest absolute Gasteiger partial charge is 0.256 e. The molecule has 1 N–H and O–H groups in total. The van der Waals surface area contributed by atoms with Crippen molar-refractivity contribution in [3.05, 3.63) is 65.5 Å². The normalized spacial score (nSPS) is 13.3. The molecule has 2 aromatic rings. The Morgan fingerprint density at radius 3 is 2.43 bits per heavy atom. The average molecular weight is 317 g/mol. The van der Waals surface area contributed by atoms with Gasteiger partial charge in [0.15, 0.2) is 6.10 Å². The van der Waals surface area contributed by atoms with Crippen LogP contribution in [0.5, 0.6) is 5.75 Å². The van der Waals surface area contributed by atoms with Gasteiger partial charge in [-0.1, -0.05) is 24.3 Å². The summed E-state index contributed by atoms with van der Waals surface area (Å²) in [4.78, 5) is 13.9. The molecule has 122 valence electrons. The van der Waals surface area contributed by atoms with Crippen molar-refractivity contribution in [2.75, 3.05) is 14.2 Å². The number of amides is 1. The Labute approximate surface area is 135 Å². The number of nitrogens with zero attached hydrogens (tertiary/aromatic N) is 1. The number of hydrogen-bond donors (Lipinski definition) is 1. The first-order valence-electron chi connectivity index (χ1n) is 7.28. The molecule has 23 heavy (non-hydrogen) atoms. The minimum Gasteiger partial charge on any atom is -0.497 e. The molecule has 0 spiro atoms. The van der Waals surface area contributed by atoms with E-state index in [-0.39, 0.29) is 11.9 Å². The Kier molecular flexibility index (Phi) is 5.34. The molecule has 0 aliphatic rings. The predicted molar refractivity (Wildman–Crippen MR) is 85.5 cm³/mol. The largest absolute Gasteiger partial charge is 0.497 e. The standard InChI is InChI=1S/C18H20FNO3/c1-12(13-7-9-15(19)10-8-13)20(2)18(22)17(21)14-5-4-6-16(11-14)23-3/h4-12,17,21H,1-3H3. The fourth-order valence-electron chi connectivity index (χ4n) is 2.30. The molecule has 0 aromatic heterocycles. The zero-order chi connectivity index (χ0) is 17.0. The second-order valence-electron chi connectivity index (χ2n) is 5.36. The molecule has 0 bridgehead atoms. The molecule has 0 aliphatic heterocycles. The lowest BCUT2D eigenvalue weighted by atomic mass is 10.0. The van der Waals surface area contributed by atoms with Gasteiger partial charge in [-0.05, 0) is 42.3 Å². The van der Waals surface area contributed by atoms with E-state index in [9.17, 15) is 14.3 Å². The number of halogens is 1. The van der Waals surface area contributed by atoms with Crippen LogP contribution in [0.1, 0.15) is 30.2 Å². The van der Waals surface area contributed by atoms with Crippen LogP contribution in [0.3, 0.4) is 0 Å². The lowest BCUT2D eigenvalue weighted by Gasteiger charge is -2.27. The summed E-state index contributed by atoms with van der Waals surface area (Å²) in [5.41, 5.74) is 1.26. The summed E-state index contributed by atoms with van der Waals surface area (Å²) in [6, 6.07) is 12.4. The molecule has 0 aliphatic carbocycles. The number of methoxy groups -OCH3 is 1. The van der Waals surface area contributed by atoms with Crippen molar-refractivity contribution in [1.29, 1.82) is 0 Å². The first-order chi connectivity index (χ1) is 10.9. The van der Waals surface area contributed by atoms with E-state index in [1.807, 2.05) is 6.92 Å². The fraction of sp³-hybridized carbons (Fsp3) is 0.278. The van der Waals surface area contributed by atoms with Gasteiger partial charge >= 0.3 is 0 Å². The van der Waals surface area contributed by atoms with Crippen LogP contribution < -0.4 is 4.74 Å². The Bertz CT molecular complexity index is 672. The lowest BCUT2D eigenvalue weighted by Crippen LogP contribution is -2.34. The minimum atomic E-state index is -1.28. The zero-order valence-electron chi connectivity index (χ0n) is 13.4. The lowest BCUT2D eigenvalue weighted by molar-refractivity contribution is -0.141. The third-order valence-corrected chi connectivity index (χ3v) is 3.92. The molecule has 2 aromatic carbocycles. The molecular weight excluding hydrogens is 297 g/mol. The highest BCUT2D eigenvalue weighted by atomic mass is 19.1. The number of ether oxygens (including phenoxy) is 1. The maximum absolute atomic E-state index is 13.0. The third-order valence-electron chi connectivity index (χ3n) is 3.92. The van der Waals surface area contributed by atoms with E-state index in [2.05, 4.69) is 0 Å². The van der Waals surface area contributed by atoms with Crippen LogP contribution in [-0.2, 0) is 4.79 Å². The second-order valence-corrected chi connectivity index (χ2v) is 5.36. The summed E-state index contributed by atoms with van der Waals surface area (Å²) in [5.74, 6) is -0.190. The van der Waals surface area contributed by atoms with Crippen molar-refractivity contribution >= 4 is 5.91 Å². The van der Waals surface area contributed by atoms with Gasteiger partial charge in [0.05, 0.1) is 13.2 Å². The number of benzene rings is 2. The zero-order valence-corrected chi connectivity index (χ0v) is 13.4. The third kappa shape index (κ3) is 3.87. The highest BCUT2D eigenvalue weighted by Crippen LogP contribution is 2.25. The first kappa shape index (κ1) is 17.0. The summed E-state index contributed by atoms with van der Waals surface area (Å²) in [7, 11) is 3.13. The van der Waals surface area contributed by atoms with Gasteiger partial charge in [-0.3, -0.25) is 4.79 Å². The van der Waals surface area contributed by atoms with Gasteiger partial charge in [-0.2, -0.15) is 0 Å². The molecule has 0 fully saturated rings. The van der Waals surface area contributed by atoms with Gasteiger partial charge in [0, 0.05) is 7.05 Å². The summed E-state index contributed by atoms with van der Waals surface area (Å²) in [6.07, 6.45) is -1.28. The Morgan fingerprint density at radius 1 is 1.17 bits per heavy atom. The van der Waals surface area contributed by atoms with Crippen LogP contribution in [0.2, 0.25) is 0 Å². The van der Waals surface area contributed by atoms with Crippen molar-refractivity contribution in [3.63, 3.8) is 0 Å². The fourth-order valence-corrected chi connectivity index (χ4v) is 2.30. The maximum Gasteiger partial charge on any atom is 0.256 e. The van der Waals surface area contributed by atoms with Crippen LogP contribution in [0.15, 0.2) is 48.5 Å². The summed E-state index contributed by atoms with van der Waals surface area (Å²) in [6.45, 7) is 1.82. The van der Waals surface area contributed by atoms with Gasteiger partial charge < -0.3 is 14.7 Å². The highest BCUT2D eigenvalue weighted by Gasteiger charge is 2.25. The molecule has 2 atom stereocenters. The van der Waals surface area contributed by atoms with E-state index in [1.54, 1.807) is 43.4 Å². The predicted octanol–water partition coefficient (Wildman–Crippen LogP) is 3.09. The van der Waals surface area contributed by atoms with Crippen molar-refractivity contribution in [2.24, 2.45) is 0 Å². The van der Waals surface area contributed by atoms with Crippen LogP contribution >= 0.6 is 0 Å². The van der Waals surface area contributed by atoms with Crippen LogP contribution in [0.25, 0.3) is 0 Å². The van der Waals surface area contributed by atoms with Gasteiger partial charge in [0.25, 0.3) is 5.91 Å². The summed E-state index contributed by atoms with van der Waals surface area (Å²) < 4.78 is 18.1. The van der Waals surface area contributed by atoms with E-state index in [1.165, 1.54) is 24.1 Å². The van der Waals surface area contributed by atoms with Crippen molar-refractivity contribution < 1.29 is 19.0 Å². The van der Waals surface area contributed by atoms with Crippen LogP contribution in [0, 0.1) is 5.82 Å². The average Bonchev–Trinajstić information content (AvgIpc) is 2.59. The van der Waals surface area contributed by atoms with E-state index >= 15 is 0 Å². The molecule has 0 saturated carbocycles. The van der Waals surface area contributed by atoms with Gasteiger partial charge in [0.2, 0.25) is 0 Å². The van der Waals surface area contributed by atoms with E-state index in [0.717, 1.165) is 5.56 Å². The SMILES string of the molecule is COc1cccc(C(O)C(=O)N(C)C(C)c2ccc(F)cc2)c1. The first-order valence-corrected chi connectivity index (χ1v) is 7.28. The molecule has 0 radical (unpaired) electrons. The molecule has 4 nitrogen and oxygen atoms in total. The number of aliphatic hydroxyl groups excluding tert-OH is 1. The molecule has 1 amide bonds. The molecule has 0 heterocycles. The highest BCUT2D eigenvalue weighted by molar-refractivity contribution is 5.82. The second kappa shape index (κ2) is 7.24. The summed E-state index contributed by atoms with van der Waals surface area (Å²) in [5, 5.41) is 10.3. The number of rotatable bonds is 5. The van der Waals surface area contributed by atoms with E-state index in [0.29, 0.717) is 11.3 Å². The maximum atomic E-state index is 13.0. The van der Waals surface area contributed by atoms with Gasteiger partial charge in [0.1, 0.15) is 11.6 Å². The quantitative estimate of drug-likeness (QED) is 0.922. The van der Waals surface area contributed by atoms with Gasteiger partial charge in [-0.25, -0.2) is 4.39 Å². The Morgan fingerprint density at radius 2 is 1.83 bits per heavy atom. The molecular formula is C18H20FNO3. The number of aliphatic hydroxyl groups is 1. The van der Waals surface area contributed by atoms with Crippen molar-refractivity contribution in [2.45, 2.75) is 19.1 Å². The summed E-state index contributed by atoms with van der Waals surface area (Å²) >= 11 is 0. The molecule has 5 heteroatoms. The minimum absolute atomic E-state index is 0.289. The monoisotopic (exact) mass is 317 g/mol.